The van der Waals surface area contributed by atoms with Crippen molar-refractivity contribution in [2.75, 3.05) is 0 Å². The van der Waals surface area contributed by atoms with Gasteiger partial charge in [-0.3, -0.25) is 4.79 Å². The molecule has 18 heavy (non-hydrogen) atoms. The van der Waals surface area contributed by atoms with Gasteiger partial charge in [-0.2, -0.15) is 0 Å². The number of carboxylic acid groups (broad SMARTS) is 1. The van der Waals surface area contributed by atoms with E-state index < -0.39 is 5.97 Å². The number of aromatic nitrogens is 3. The zero-order valence-electron chi connectivity index (χ0n) is 10.0. The van der Waals surface area contributed by atoms with E-state index in [0.717, 1.165) is 21.3 Å². The van der Waals surface area contributed by atoms with E-state index in [9.17, 15) is 4.79 Å². The molecule has 1 aromatic carbocycles. The van der Waals surface area contributed by atoms with Gasteiger partial charge in [0.05, 0.1) is 24.0 Å². The molecule has 0 saturated heterocycles. The maximum atomic E-state index is 10.8. The molecule has 1 heterocycles. The van der Waals surface area contributed by atoms with E-state index >= 15 is 0 Å². The highest BCUT2D eigenvalue weighted by Crippen LogP contribution is 2.24. The molecule has 0 saturated carbocycles. The average molecular weight is 310 g/mol. The molecule has 0 amide bonds. The van der Waals surface area contributed by atoms with E-state index in [-0.39, 0.29) is 6.42 Å². The summed E-state index contributed by atoms with van der Waals surface area (Å²) in [5.41, 5.74) is 3.52. The van der Waals surface area contributed by atoms with Gasteiger partial charge in [-0.05, 0) is 37.1 Å². The van der Waals surface area contributed by atoms with Crippen molar-refractivity contribution in [1.82, 2.24) is 15.0 Å². The van der Waals surface area contributed by atoms with E-state index in [1.807, 2.05) is 26.0 Å². The maximum Gasteiger partial charge on any atom is 0.309 e. The van der Waals surface area contributed by atoms with Crippen LogP contribution in [-0.4, -0.2) is 26.1 Å². The second-order valence-corrected chi connectivity index (χ2v) is 4.89. The summed E-state index contributed by atoms with van der Waals surface area (Å²) in [4.78, 5) is 10.8. The summed E-state index contributed by atoms with van der Waals surface area (Å²) >= 11 is 3.50. The maximum absolute atomic E-state index is 10.8. The fourth-order valence-corrected chi connectivity index (χ4v) is 2.02. The Kier molecular flexibility index (Phi) is 3.47. The number of hydrogen-bond donors (Lipinski definition) is 1. The van der Waals surface area contributed by atoms with Crippen LogP contribution in [0.15, 0.2) is 22.8 Å². The second-order valence-electron chi connectivity index (χ2n) is 4.10. The first-order valence-corrected chi connectivity index (χ1v) is 6.17. The topological polar surface area (TPSA) is 68.0 Å². The van der Waals surface area contributed by atoms with Gasteiger partial charge in [0.1, 0.15) is 0 Å². The van der Waals surface area contributed by atoms with Crippen molar-refractivity contribution < 1.29 is 9.90 Å². The lowest BCUT2D eigenvalue weighted by molar-refractivity contribution is -0.136. The first kappa shape index (κ1) is 12.8. The highest BCUT2D eigenvalue weighted by molar-refractivity contribution is 9.10. The minimum atomic E-state index is -0.899. The first-order chi connectivity index (χ1) is 8.49. The van der Waals surface area contributed by atoms with Crippen LogP contribution in [-0.2, 0) is 11.2 Å². The molecule has 0 radical (unpaired) electrons. The quantitative estimate of drug-likeness (QED) is 0.944. The number of rotatable bonds is 3. The number of benzene rings is 1. The van der Waals surface area contributed by atoms with Crippen LogP contribution in [0.4, 0.5) is 0 Å². The number of carboxylic acids is 1. The van der Waals surface area contributed by atoms with Crippen LogP contribution in [0.5, 0.6) is 0 Å². The molecule has 1 N–H and O–H groups in total. The zero-order chi connectivity index (χ0) is 13.3. The predicted molar refractivity (Wildman–Crippen MR) is 69.9 cm³/mol. The van der Waals surface area contributed by atoms with Gasteiger partial charge < -0.3 is 5.11 Å². The molecule has 0 fully saturated rings. The lowest BCUT2D eigenvalue weighted by atomic mass is 10.1. The van der Waals surface area contributed by atoms with Crippen LogP contribution in [0.2, 0.25) is 0 Å². The Labute approximate surface area is 113 Å². The highest BCUT2D eigenvalue weighted by Gasteiger charge is 2.11. The molecule has 94 valence electrons. The Balaban J connectivity index is 2.49. The zero-order valence-corrected chi connectivity index (χ0v) is 11.6. The fraction of sp³-hybridized carbons (Fsp3) is 0.250. The lowest BCUT2D eigenvalue weighted by Gasteiger charge is -2.09. The third-order valence-corrected chi connectivity index (χ3v) is 3.87. The minimum absolute atomic E-state index is 0.0961. The summed E-state index contributed by atoms with van der Waals surface area (Å²) in [6, 6.07) is 3.88. The number of hydrogen-bond acceptors (Lipinski definition) is 3. The summed E-state index contributed by atoms with van der Waals surface area (Å²) in [6.45, 7) is 3.96. The molecule has 6 heteroatoms. The summed E-state index contributed by atoms with van der Waals surface area (Å²) < 4.78 is 2.60. The smallest absolute Gasteiger partial charge is 0.309 e. The van der Waals surface area contributed by atoms with E-state index in [4.69, 9.17) is 5.11 Å². The fourth-order valence-electron chi connectivity index (χ4n) is 1.79. The SMILES string of the molecule is Cc1cc(-n2nncc2CC(=O)O)cc(C)c1Br. The normalized spacial score (nSPS) is 10.6. The molecule has 0 unspecified atom stereocenters. The number of aryl methyl sites for hydroxylation is 2. The molecule has 0 aliphatic carbocycles. The van der Waals surface area contributed by atoms with Crippen LogP contribution >= 0.6 is 15.9 Å². The van der Waals surface area contributed by atoms with E-state index in [0.29, 0.717) is 5.69 Å². The second kappa shape index (κ2) is 4.89. The van der Waals surface area contributed by atoms with Crippen molar-refractivity contribution >= 4 is 21.9 Å². The van der Waals surface area contributed by atoms with Crippen molar-refractivity contribution in [1.29, 1.82) is 0 Å². The Hall–Kier alpha value is -1.69. The first-order valence-electron chi connectivity index (χ1n) is 5.37. The van der Waals surface area contributed by atoms with Crippen molar-refractivity contribution in [3.63, 3.8) is 0 Å². The van der Waals surface area contributed by atoms with Crippen LogP contribution in [0.3, 0.4) is 0 Å². The van der Waals surface area contributed by atoms with Gasteiger partial charge in [0, 0.05) is 4.47 Å². The third-order valence-electron chi connectivity index (χ3n) is 2.62. The summed E-state index contributed by atoms with van der Waals surface area (Å²) in [7, 11) is 0. The Bertz CT molecular complexity index is 584. The van der Waals surface area contributed by atoms with Crippen molar-refractivity contribution in [2.24, 2.45) is 0 Å². The monoisotopic (exact) mass is 309 g/mol. The number of nitrogens with zero attached hydrogens (tertiary/aromatic N) is 3. The largest absolute Gasteiger partial charge is 0.481 e. The van der Waals surface area contributed by atoms with Crippen LogP contribution in [0.1, 0.15) is 16.8 Å². The summed E-state index contributed by atoms with van der Waals surface area (Å²) in [5, 5.41) is 16.5. The third kappa shape index (κ3) is 2.43. The molecule has 0 bridgehead atoms. The van der Waals surface area contributed by atoms with Crippen molar-refractivity contribution in [3.8, 4) is 5.69 Å². The van der Waals surface area contributed by atoms with Gasteiger partial charge in [-0.1, -0.05) is 21.1 Å². The van der Waals surface area contributed by atoms with Gasteiger partial charge in [-0.15, -0.1) is 5.10 Å². The molecule has 2 rings (SSSR count). The molecule has 0 spiro atoms. The van der Waals surface area contributed by atoms with Gasteiger partial charge in [-0.25, -0.2) is 4.68 Å². The van der Waals surface area contributed by atoms with Gasteiger partial charge >= 0.3 is 5.97 Å². The molecule has 2 aromatic rings. The number of halogens is 1. The minimum Gasteiger partial charge on any atom is -0.481 e. The van der Waals surface area contributed by atoms with E-state index in [1.165, 1.54) is 6.20 Å². The summed E-state index contributed by atoms with van der Waals surface area (Å²) in [6.07, 6.45) is 1.38. The Morgan fingerprint density at radius 2 is 2.00 bits per heavy atom. The van der Waals surface area contributed by atoms with Crippen LogP contribution < -0.4 is 0 Å². The highest BCUT2D eigenvalue weighted by atomic mass is 79.9. The van der Waals surface area contributed by atoms with Crippen molar-refractivity contribution in [3.05, 3.63) is 39.6 Å². The van der Waals surface area contributed by atoms with E-state index in [2.05, 4.69) is 26.2 Å². The van der Waals surface area contributed by atoms with Crippen LogP contribution in [0, 0.1) is 13.8 Å². The summed E-state index contributed by atoms with van der Waals surface area (Å²) in [5.74, 6) is -0.899. The number of aliphatic carboxylic acids is 1. The molecule has 5 nitrogen and oxygen atoms in total. The van der Waals surface area contributed by atoms with Crippen LogP contribution in [0.25, 0.3) is 5.69 Å². The average Bonchev–Trinajstić information content (AvgIpc) is 2.72. The predicted octanol–water partition coefficient (Wildman–Crippen LogP) is 2.27. The molecule has 1 aromatic heterocycles. The molecule has 0 atom stereocenters. The molecular formula is C12H12BrN3O2. The van der Waals surface area contributed by atoms with Gasteiger partial charge in [0.15, 0.2) is 0 Å². The lowest BCUT2D eigenvalue weighted by Crippen LogP contribution is -2.08. The Morgan fingerprint density at radius 3 is 2.56 bits per heavy atom. The van der Waals surface area contributed by atoms with Gasteiger partial charge in [0.2, 0.25) is 0 Å². The Morgan fingerprint density at radius 1 is 1.39 bits per heavy atom. The molecular weight excluding hydrogens is 298 g/mol. The van der Waals surface area contributed by atoms with E-state index in [1.54, 1.807) is 4.68 Å². The number of carbonyl (C=O) groups is 1. The molecule has 0 aliphatic heterocycles. The van der Waals surface area contributed by atoms with Crippen molar-refractivity contribution in [2.45, 2.75) is 20.3 Å². The standard InChI is InChI=1S/C12H12BrN3O2/c1-7-3-9(4-8(2)12(7)13)16-10(5-11(17)18)6-14-15-16/h3-4,6H,5H2,1-2H3,(H,17,18). The molecule has 0 aliphatic rings. The van der Waals surface area contributed by atoms with Gasteiger partial charge in [0.25, 0.3) is 0 Å².